The van der Waals surface area contributed by atoms with Gasteiger partial charge in [0.05, 0.1) is 12.1 Å². The average molecular weight is 414 g/mol. The lowest BCUT2D eigenvalue weighted by Crippen LogP contribution is -2.24. The largest absolute Gasteiger partial charge is 0.416 e. The Bertz CT molecular complexity index is 1090. The van der Waals surface area contributed by atoms with Crippen molar-refractivity contribution in [3.05, 3.63) is 82.0 Å². The molecule has 156 valence electrons. The van der Waals surface area contributed by atoms with Crippen molar-refractivity contribution in [1.29, 1.82) is 0 Å². The second-order valence-corrected chi connectivity index (χ2v) is 7.39. The van der Waals surface area contributed by atoms with Crippen molar-refractivity contribution in [3.63, 3.8) is 0 Å². The third kappa shape index (κ3) is 4.38. The van der Waals surface area contributed by atoms with Crippen molar-refractivity contribution < 1.29 is 18.0 Å². The summed E-state index contributed by atoms with van der Waals surface area (Å²) >= 11 is 0. The van der Waals surface area contributed by atoms with E-state index in [4.69, 9.17) is 0 Å². The minimum Gasteiger partial charge on any atom is -0.312 e. The van der Waals surface area contributed by atoms with Crippen molar-refractivity contribution >= 4 is 11.7 Å². The van der Waals surface area contributed by atoms with Crippen LogP contribution in [0.2, 0.25) is 0 Å². The molecular formula is C22H21F3N4O. The lowest BCUT2D eigenvalue weighted by molar-refractivity contribution is -0.137. The van der Waals surface area contributed by atoms with Crippen LogP contribution in [0.25, 0.3) is 0 Å². The Balaban J connectivity index is 1.48. The fourth-order valence-electron chi connectivity index (χ4n) is 3.56. The summed E-state index contributed by atoms with van der Waals surface area (Å²) < 4.78 is 40.4. The second kappa shape index (κ2) is 7.95. The molecular weight excluding hydrogens is 393 g/mol. The van der Waals surface area contributed by atoms with Gasteiger partial charge in [0.1, 0.15) is 0 Å². The molecule has 0 aliphatic carbocycles. The summed E-state index contributed by atoms with van der Waals surface area (Å²) in [5.41, 5.74) is 3.43. The van der Waals surface area contributed by atoms with E-state index in [0.717, 1.165) is 42.9 Å². The average Bonchev–Trinajstić information content (AvgIpc) is 3.05. The lowest BCUT2D eigenvalue weighted by Gasteiger charge is -2.17. The fourth-order valence-corrected chi connectivity index (χ4v) is 3.56. The van der Waals surface area contributed by atoms with E-state index >= 15 is 0 Å². The predicted molar refractivity (Wildman–Crippen MR) is 107 cm³/mol. The van der Waals surface area contributed by atoms with Crippen LogP contribution in [0.1, 0.15) is 38.3 Å². The molecule has 0 fully saturated rings. The van der Waals surface area contributed by atoms with Crippen molar-refractivity contribution in [2.75, 3.05) is 11.9 Å². The smallest absolute Gasteiger partial charge is 0.312 e. The molecule has 2 heterocycles. The zero-order valence-electron chi connectivity index (χ0n) is 16.4. The quantitative estimate of drug-likeness (QED) is 0.674. The number of carbonyl (C=O) groups is 1. The maximum Gasteiger partial charge on any atom is 0.416 e. The number of benzene rings is 2. The van der Waals surface area contributed by atoms with Crippen LogP contribution >= 0.6 is 0 Å². The minimum absolute atomic E-state index is 0.178. The first-order valence-corrected chi connectivity index (χ1v) is 9.64. The molecule has 2 N–H and O–H groups in total. The Labute approximate surface area is 171 Å². The van der Waals surface area contributed by atoms with Gasteiger partial charge in [-0.05, 0) is 60.8 Å². The first-order chi connectivity index (χ1) is 14.3. The number of nitrogens with zero attached hydrogens (tertiary/aromatic N) is 2. The first-order valence-electron chi connectivity index (χ1n) is 9.64. The van der Waals surface area contributed by atoms with Gasteiger partial charge in [-0.2, -0.15) is 18.3 Å². The van der Waals surface area contributed by atoms with Gasteiger partial charge in [-0.1, -0.05) is 18.2 Å². The van der Waals surface area contributed by atoms with Gasteiger partial charge in [0.15, 0.2) is 5.82 Å². The van der Waals surface area contributed by atoms with Gasteiger partial charge in [-0.15, -0.1) is 0 Å². The third-order valence-corrected chi connectivity index (χ3v) is 5.16. The van der Waals surface area contributed by atoms with E-state index < -0.39 is 11.7 Å². The highest BCUT2D eigenvalue weighted by Gasteiger charge is 2.30. The highest BCUT2D eigenvalue weighted by molar-refractivity contribution is 6.04. The van der Waals surface area contributed by atoms with Gasteiger partial charge in [0, 0.05) is 23.9 Å². The zero-order chi connectivity index (χ0) is 21.3. The molecule has 30 heavy (non-hydrogen) atoms. The van der Waals surface area contributed by atoms with Crippen LogP contribution in [-0.2, 0) is 25.7 Å². The van der Waals surface area contributed by atoms with E-state index in [1.165, 1.54) is 11.6 Å². The highest BCUT2D eigenvalue weighted by atomic mass is 19.4. The topological polar surface area (TPSA) is 59.0 Å². The molecule has 1 amide bonds. The van der Waals surface area contributed by atoms with Crippen molar-refractivity contribution in [2.24, 2.45) is 0 Å². The molecule has 1 aliphatic heterocycles. The Hall–Kier alpha value is -3.13. The molecule has 1 aromatic heterocycles. The molecule has 5 nitrogen and oxygen atoms in total. The van der Waals surface area contributed by atoms with Gasteiger partial charge in [-0.3, -0.25) is 9.48 Å². The number of aryl methyl sites for hydroxylation is 1. The van der Waals surface area contributed by atoms with Crippen LogP contribution in [0, 0.1) is 6.92 Å². The van der Waals surface area contributed by atoms with Crippen LogP contribution in [0.3, 0.4) is 0 Å². The van der Waals surface area contributed by atoms with E-state index in [1.54, 1.807) is 29.8 Å². The molecule has 0 unspecified atom stereocenters. The zero-order valence-corrected chi connectivity index (χ0v) is 16.4. The number of anilines is 1. The molecule has 0 saturated heterocycles. The number of amides is 1. The Morgan fingerprint density at radius 1 is 1.17 bits per heavy atom. The van der Waals surface area contributed by atoms with Gasteiger partial charge in [0.2, 0.25) is 0 Å². The van der Waals surface area contributed by atoms with E-state index in [2.05, 4.69) is 15.7 Å². The molecule has 4 rings (SSSR count). The Morgan fingerprint density at radius 2 is 2.00 bits per heavy atom. The number of aromatic nitrogens is 2. The number of carbonyl (C=O) groups excluding carboxylic acids is 1. The Morgan fingerprint density at radius 3 is 2.80 bits per heavy atom. The number of nitrogens with one attached hydrogen (secondary N) is 2. The monoisotopic (exact) mass is 414 g/mol. The highest BCUT2D eigenvalue weighted by Crippen LogP contribution is 2.29. The van der Waals surface area contributed by atoms with Gasteiger partial charge in [0.25, 0.3) is 5.91 Å². The van der Waals surface area contributed by atoms with Gasteiger partial charge >= 0.3 is 6.18 Å². The standard InChI is InChI=1S/C22H21F3N4O/c1-14-9-20(27-21(30)17-5-6-18-12-26-8-7-16(18)11-17)28-29(14)13-15-3-2-4-19(10-15)22(23,24)25/h2-6,9-11,26H,7-8,12-13H2,1H3,(H,27,28,30). The summed E-state index contributed by atoms with van der Waals surface area (Å²) in [5, 5.41) is 10.4. The van der Waals surface area contributed by atoms with E-state index in [0.29, 0.717) is 16.9 Å². The molecule has 3 aromatic rings. The molecule has 0 saturated carbocycles. The van der Waals surface area contributed by atoms with E-state index in [1.807, 2.05) is 12.1 Å². The van der Waals surface area contributed by atoms with Gasteiger partial charge in [-0.25, -0.2) is 0 Å². The van der Waals surface area contributed by atoms with Crippen molar-refractivity contribution in [3.8, 4) is 0 Å². The van der Waals surface area contributed by atoms with Crippen LogP contribution in [-0.4, -0.2) is 22.2 Å². The number of alkyl halides is 3. The van der Waals surface area contributed by atoms with E-state index in [9.17, 15) is 18.0 Å². The van der Waals surface area contributed by atoms with Crippen molar-refractivity contribution in [1.82, 2.24) is 15.1 Å². The maximum absolute atomic E-state index is 12.9. The number of halogens is 3. The summed E-state index contributed by atoms with van der Waals surface area (Å²) in [7, 11) is 0. The summed E-state index contributed by atoms with van der Waals surface area (Å²) in [6.07, 6.45) is -3.51. The van der Waals surface area contributed by atoms with Crippen LogP contribution in [0.5, 0.6) is 0 Å². The molecule has 0 bridgehead atoms. The first kappa shape index (κ1) is 20.2. The lowest BCUT2D eigenvalue weighted by atomic mass is 9.98. The molecule has 8 heteroatoms. The number of fused-ring (bicyclic) bond motifs is 1. The predicted octanol–water partition coefficient (Wildman–Crippen LogP) is 4.16. The number of hydrogen-bond donors (Lipinski definition) is 2. The van der Waals surface area contributed by atoms with Crippen LogP contribution < -0.4 is 10.6 Å². The van der Waals surface area contributed by atoms with Crippen molar-refractivity contribution in [2.45, 2.75) is 32.6 Å². The molecule has 2 aromatic carbocycles. The summed E-state index contributed by atoms with van der Waals surface area (Å²) in [5.74, 6) is 0.101. The second-order valence-electron chi connectivity index (χ2n) is 7.39. The summed E-state index contributed by atoms with van der Waals surface area (Å²) in [4.78, 5) is 12.6. The minimum atomic E-state index is -4.39. The maximum atomic E-state index is 12.9. The van der Waals surface area contributed by atoms with Gasteiger partial charge < -0.3 is 10.6 Å². The van der Waals surface area contributed by atoms with Crippen LogP contribution in [0.4, 0.5) is 19.0 Å². The third-order valence-electron chi connectivity index (χ3n) is 5.16. The normalized spacial score (nSPS) is 13.7. The molecule has 0 atom stereocenters. The van der Waals surface area contributed by atoms with Crippen LogP contribution in [0.15, 0.2) is 48.5 Å². The molecule has 0 spiro atoms. The SMILES string of the molecule is Cc1cc(NC(=O)c2ccc3c(c2)CCNC3)nn1Cc1cccc(C(F)(F)F)c1. The number of rotatable bonds is 4. The summed E-state index contributed by atoms with van der Waals surface area (Å²) in [6, 6.07) is 12.5. The van der Waals surface area contributed by atoms with E-state index in [-0.39, 0.29) is 12.5 Å². The molecule has 1 aliphatic rings. The Kier molecular flexibility index (Phi) is 5.34. The number of hydrogen-bond acceptors (Lipinski definition) is 3. The summed E-state index contributed by atoms with van der Waals surface area (Å²) in [6.45, 7) is 3.66. The molecule has 0 radical (unpaired) electrons. The fraction of sp³-hybridized carbons (Fsp3) is 0.273.